The van der Waals surface area contributed by atoms with E-state index in [4.69, 9.17) is 19.3 Å². The van der Waals surface area contributed by atoms with Crippen LogP contribution in [0.2, 0.25) is 0 Å². The van der Waals surface area contributed by atoms with Gasteiger partial charge in [-0.25, -0.2) is 14.3 Å². The minimum absolute atomic E-state index is 0.0435. The summed E-state index contributed by atoms with van der Waals surface area (Å²) in [7, 11) is -4.64. The van der Waals surface area contributed by atoms with E-state index in [1.807, 2.05) is 11.8 Å². The fourth-order valence-electron chi connectivity index (χ4n) is 4.15. The molecule has 3 heterocycles. The number of nitrogens with zero attached hydrogens (tertiary/aromatic N) is 5. The lowest BCUT2D eigenvalue weighted by Gasteiger charge is -2.32. The van der Waals surface area contributed by atoms with Crippen molar-refractivity contribution in [3.05, 3.63) is 6.20 Å². The number of carbonyl (C=O) groups is 1. The number of aromatic nitrogens is 4. The van der Waals surface area contributed by atoms with Gasteiger partial charge in [0.05, 0.1) is 24.7 Å². The number of fused-ring (bicyclic) bond motifs is 1. The molecule has 0 bridgehead atoms. The molecule has 1 atom stereocenters. The SMILES string of the molecule is C[C@H]1CN(c2c3cnc(NC4CCCCC4)nc3nn2C(=O)OCCOP(=O)(O)O)CCO1. The lowest BCUT2D eigenvalue weighted by Crippen LogP contribution is -2.42. The maximum Gasteiger partial charge on any atom is 0.469 e. The molecule has 0 spiro atoms. The standard InChI is InChI=1S/C19H29N6O7P/c1-13-12-24(7-8-30-13)17-15-11-20-18(21-14-5-3-2-4-6-14)22-16(15)23-25(17)19(26)31-9-10-32-33(27,28)29/h11,13-14H,2-10,12H2,1H3,(H,21,22,23)(H2,27,28,29)/t13-/m0/s1. The van der Waals surface area contributed by atoms with Crippen LogP contribution in [0, 0.1) is 0 Å². The van der Waals surface area contributed by atoms with Crippen LogP contribution >= 0.6 is 7.82 Å². The van der Waals surface area contributed by atoms with E-state index >= 15 is 0 Å². The largest absolute Gasteiger partial charge is 0.469 e. The van der Waals surface area contributed by atoms with Crippen LogP contribution in [0.4, 0.5) is 16.6 Å². The number of phosphoric ester groups is 1. The van der Waals surface area contributed by atoms with E-state index in [0.29, 0.717) is 48.5 Å². The molecule has 1 aliphatic carbocycles. The van der Waals surface area contributed by atoms with Crippen molar-refractivity contribution in [3.8, 4) is 0 Å². The molecule has 0 radical (unpaired) electrons. The van der Waals surface area contributed by atoms with Gasteiger partial charge in [-0.2, -0.15) is 4.98 Å². The van der Waals surface area contributed by atoms with E-state index in [1.165, 1.54) is 19.3 Å². The Balaban J connectivity index is 1.57. The van der Waals surface area contributed by atoms with Gasteiger partial charge in [0.2, 0.25) is 5.95 Å². The first-order valence-corrected chi connectivity index (χ1v) is 12.6. The van der Waals surface area contributed by atoms with E-state index in [1.54, 1.807) is 6.20 Å². The Bertz CT molecular complexity index is 1020. The molecule has 0 aromatic carbocycles. The third-order valence-electron chi connectivity index (χ3n) is 5.63. The molecule has 1 saturated carbocycles. The Morgan fingerprint density at radius 2 is 2.09 bits per heavy atom. The van der Waals surface area contributed by atoms with Gasteiger partial charge in [0.25, 0.3) is 0 Å². The van der Waals surface area contributed by atoms with E-state index in [-0.39, 0.29) is 12.7 Å². The zero-order valence-electron chi connectivity index (χ0n) is 18.4. The van der Waals surface area contributed by atoms with Crippen LogP contribution in [-0.4, -0.2) is 80.7 Å². The summed E-state index contributed by atoms with van der Waals surface area (Å²) in [5.74, 6) is 0.953. The maximum atomic E-state index is 12.8. The lowest BCUT2D eigenvalue weighted by molar-refractivity contribution is 0.0525. The van der Waals surface area contributed by atoms with Gasteiger partial charge in [-0.15, -0.1) is 9.78 Å². The molecule has 2 fully saturated rings. The number of ether oxygens (including phenoxy) is 2. The molecule has 14 heteroatoms. The summed E-state index contributed by atoms with van der Waals surface area (Å²) < 4.78 is 27.0. The van der Waals surface area contributed by atoms with E-state index < -0.39 is 20.5 Å². The van der Waals surface area contributed by atoms with Crippen LogP contribution < -0.4 is 10.2 Å². The topological polar surface area (TPSA) is 161 Å². The van der Waals surface area contributed by atoms with Gasteiger partial charge in [-0.1, -0.05) is 19.3 Å². The highest BCUT2D eigenvalue weighted by Crippen LogP contribution is 2.35. The Morgan fingerprint density at radius 3 is 2.82 bits per heavy atom. The first kappa shape index (κ1) is 23.8. The number of hydrogen-bond acceptors (Lipinski definition) is 10. The predicted molar refractivity (Wildman–Crippen MR) is 118 cm³/mol. The molecule has 2 aliphatic rings. The van der Waals surface area contributed by atoms with E-state index in [0.717, 1.165) is 17.5 Å². The monoisotopic (exact) mass is 484 g/mol. The fourth-order valence-corrected chi connectivity index (χ4v) is 4.46. The second-order valence-corrected chi connectivity index (χ2v) is 9.45. The van der Waals surface area contributed by atoms with Gasteiger partial charge >= 0.3 is 13.9 Å². The van der Waals surface area contributed by atoms with Crippen molar-refractivity contribution >= 4 is 36.7 Å². The van der Waals surface area contributed by atoms with Crippen molar-refractivity contribution in [2.24, 2.45) is 0 Å². The molecule has 3 N–H and O–H groups in total. The number of nitrogens with one attached hydrogen (secondary N) is 1. The smallest absolute Gasteiger partial charge is 0.445 e. The van der Waals surface area contributed by atoms with Crippen LogP contribution in [0.3, 0.4) is 0 Å². The average molecular weight is 484 g/mol. The first-order chi connectivity index (χ1) is 15.8. The molecule has 182 valence electrons. The minimum atomic E-state index is -4.64. The molecule has 0 unspecified atom stereocenters. The Hall–Kier alpha value is -2.31. The molecular formula is C19H29N6O7P. The van der Waals surface area contributed by atoms with Crippen LogP contribution in [0.1, 0.15) is 39.0 Å². The predicted octanol–water partition coefficient (Wildman–Crippen LogP) is 1.89. The Morgan fingerprint density at radius 1 is 1.30 bits per heavy atom. The van der Waals surface area contributed by atoms with Crippen LogP contribution in [0.25, 0.3) is 11.0 Å². The van der Waals surface area contributed by atoms with Crippen LogP contribution in [-0.2, 0) is 18.6 Å². The van der Waals surface area contributed by atoms with Crippen LogP contribution in [0.5, 0.6) is 0 Å². The van der Waals surface area contributed by atoms with Gasteiger partial charge < -0.3 is 29.5 Å². The van der Waals surface area contributed by atoms with Gasteiger partial charge in [-0.3, -0.25) is 4.52 Å². The minimum Gasteiger partial charge on any atom is -0.445 e. The molecule has 33 heavy (non-hydrogen) atoms. The molecule has 2 aromatic rings. The summed E-state index contributed by atoms with van der Waals surface area (Å²) in [4.78, 5) is 41.3. The maximum absolute atomic E-state index is 12.8. The molecule has 4 rings (SSSR count). The first-order valence-electron chi connectivity index (χ1n) is 11.1. The zero-order chi connectivity index (χ0) is 23.4. The molecule has 2 aromatic heterocycles. The van der Waals surface area contributed by atoms with Crippen LogP contribution in [0.15, 0.2) is 6.20 Å². The van der Waals surface area contributed by atoms with Crippen molar-refractivity contribution in [1.29, 1.82) is 0 Å². The van der Waals surface area contributed by atoms with Gasteiger partial charge in [0.1, 0.15) is 6.61 Å². The van der Waals surface area contributed by atoms with Gasteiger partial charge in [0.15, 0.2) is 11.5 Å². The summed E-state index contributed by atoms with van der Waals surface area (Å²) >= 11 is 0. The van der Waals surface area contributed by atoms with Crippen molar-refractivity contribution in [3.63, 3.8) is 0 Å². The third-order valence-corrected chi connectivity index (χ3v) is 6.14. The molecular weight excluding hydrogens is 455 g/mol. The molecule has 1 saturated heterocycles. The van der Waals surface area contributed by atoms with Crippen molar-refractivity contribution in [2.75, 3.05) is 43.1 Å². The number of hydrogen-bond donors (Lipinski definition) is 3. The Labute approximate surface area is 190 Å². The summed E-state index contributed by atoms with van der Waals surface area (Å²) in [5.41, 5.74) is 0.348. The molecule has 13 nitrogen and oxygen atoms in total. The summed E-state index contributed by atoms with van der Waals surface area (Å²) in [6.07, 6.45) is 6.51. The summed E-state index contributed by atoms with van der Waals surface area (Å²) in [5, 5.41) is 8.33. The lowest BCUT2D eigenvalue weighted by atomic mass is 9.96. The molecule has 0 amide bonds. The zero-order valence-corrected chi connectivity index (χ0v) is 19.3. The normalized spacial score (nSPS) is 20.2. The number of phosphoric acid groups is 1. The Kier molecular flexibility index (Phi) is 7.45. The summed E-state index contributed by atoms with van der Waals surface area (Å²) in [6, 6.07) is 0.317. The quantitative estimate of drug-likeness (QED) is 0.387. The number of anilines is 2. The number of morpholine rings is 1. The highest BCUT2D eigenvalue weighted by atomic mass is 31.2. The highest BCUT2D eigenvalue weighted by molar-refractivity contribution is 7.46. The summed E-state index contributed by atoms with van der Waals surface area (Å²) in [6.45, 7) is 2.71. The third kappa shape index (κ3) is 6.18. The second kappa shape index (κ2) is 10.3. The number of carbonyl (C=O) groups excluding carboxylic acids is 1. The highest BCUT2D eigenvalue weighted by Gasteiger charge is 2.28. The number of rotatable bonds is 7. The van der Waals surface area contributed by atoms with E-state index in [2.05, 4.69) is 24.9 Å². The van der Waals surface area contributed by atoms with E-state index in [9.17, 15) is 9.36 Å². The fraction of sp³-hybridized carbons (Fsp3) is 0.684. The molecule has 1 aliphatic heterocycles. The van der Waals surface area contributed by atoms with Crippen molar-refractivity contribution in [1.82, 2.24) is 19.7 Å². The van der Waals surface area contributed by atoms with Crippen molar-refractivity contribution in [2.45, 2.75) is 51.2 Å². The van der Waals surface area contributed by atoms with Gasteiger partial charge in [-0.05, 0) is 19.8 Å². The average Bonchev–Trinajstić information content (AvgIpc) is 3.15. The van der Waals surface area contributed by atoms with Gasteiger partial charge in [0, 0.05) is 25.3 Å². The van der Waals surface area contributed by atoms with Crippen molar-refractivity contribution < 1.29 is 33.1 Å². The second-order valence-electron chi connectivity index (χ2n) is 8.21.